The highest BCUT2D eigenvalue weighted by Crippen LogP contribution is 2.52. The number of benzene rings is 5. The van der Waals surface area contributed by atoms with Gasteiger partial charge in [-0.25, -0.2) is 9.97 Å². The van der Waals surface area contributed by atoms with Crippen molar-refractivity contribution in [2.24, 2.45) is 0 Å². The van der Waals surface area contributed by atoms with Crippen LogP contribution in [0.25, 0.3) is 90.4 Å². The van der Waals surface area contributed by atoms with Crippen LogP contribution in [0.1, 0.15) is 28.3 Å². The van der Waals surface area contributed by atoms with Gasteiger partial charge in [0.15, 0.2) is 5.60 Å². The summed E-state index contributed by atoms with van der Waals surface area (Å²) in [5.74, 6) is -0.192. The van der Waals surface area contributed by atoms with E-state index in [1.165, 1.54) is 0 Å². The number of amides is 1. The molecule has 4 aliphatic heterocycles. The van der Waals surface area contributed by atoms with Gasteiger partial charge in [0.25, 0.3) is 5.91 Å². The first kappa shape index (κ1) is 36.9. The molecule has 1 fully saturated rings. The number of nitrogens with one attached hydrogen (secondary N) is 3. The maximum absolute atomic E-state index is 14.6. The molecule has 0 saturated carbocycles. The normalized spacial score (nSPS) is 17.8. The minimum Gasteiger partial charge on any atom is -0.354 e. The zero-order valence-electron chi connectivity index (χ0n) is 34.3. The zero-order valence-corrected chi connectivity index (χ0v) is 34.3. The van der Waals surface area contributed by atoms with Crippen LogP contribution in [0.3, 0.4) is 0 Å². The second-order valence-electron chi connectivity index (χ2n) is 16.4. The standard InChI is InChI=1S/C55H40N6O2/c1-61-33-63-55(39-24-14-15-25-40(39)60-54(55)62)53(61)38-32-47-50(36-20-10-4-11-21-36)45-29-28-43(57-45)48(34-16-6-2-7-17-34)41-26-27-42(56-41)49(35-18-8-3-9-19-35)44-30-31-46(58-44)51(52(38)59-47)37-22-12-5-13-23-37/h2-32,53,57-58H,33H2,1H3,(H,60,62). The van der Waals surface area contributed by atoms with E-state index < -0.39 is 11.6 Å². The lowest BCUT2D eigenvalue weighted by Gasteiger charge is -2.31. The van der Waals surface area contributed by atoms with Crippen molar-refractivity contribution in [1.82, 2.24) is 24.8 Å². The summed E-state index contributed by atoms with van der Waals surface area (Å²) in [5, 5.41) is 3.17. The van der Waals surface area contributed by atoms with Crippen molar-refractivity contribution in [2.75, 3.05) is 19.1 Å². The maximum atomic E-state index is 14.6. The van der Waals surface area contributed by atoms with Crippen LogP contribution in [-0.4, -0.2) is 50.6 Å². The molecule has 302 valence electrons. The number of carbonyl (C=O) groups is 1. The van der Waals surface area contributed by atoms with Crippen LogP contribution < -0.4 is 5.32 Å². The molecule has 8 heteroatoms. The van der Waals surface area contributed by atoms with Crippen molar-refractivity contribution in [3.05, 3.63) is 198 Å². The minimum atomic E-state index is -1.32. The predicted molar refractivity (Wildman–Crippen MR) is 254 cm³/mol. The van der Waals surface area contributed by atoms with Crippen LogP contribution >= 0.6 is 0 Å². The van der Waals surface area contributed by atoms with Crippen LogP contribution in [0, 0.1) is 0 Å². The number of carbonyl (C=O) groups excluding carboxylic acids is 1. The van der Waals surface area contributed by atoms with Gasteiger partial charge in [-0.15, -0.1) is 0 Å². The van der Waals surface area contributed by atoms with Gasteiger partial charge >= 0.3 is 0 Å². The molecule has 1 amide bonds. The van der Waals surface area contributed by atoms with E-state index in [2.05, 4.69) is 160 Å². The summed E-state index contributed by atoms with van der Waals surface area (Å²) in [5.41, 5.74) is 15.8. The third kappa shape index (κ3) is 5.87. The summed E-state index contributed by atoms with van der Waals surface area (Å²) in [7, 11) is 2.02. The molecular formula is C55H40N6O2. The predicted octanol–water partition coefficient (Wildman–Crippen LogP) is 11.8. The highest BCUT2D eigenvalue weighted by atomic mass is 16.5. The monoisotopic (exact) mass is 816 g/mol. The summed E-state index contributed by atoms with van der Waals surface area (Å²) in [4.78, 5) is 35.6. The number of anilines is 1. The van der Waals surface area contributed by atoms with E-state index >= 15 is 0 Å². The molecule has 2 atom stereocenters. The van der Waals surface area contributed by atoms with Gasteiger partial charge in [0.05, 0.1) is 28.8 Å². The number of rotatable bonds is 5. The van der Waals surface area contributed by atoms with Gasteiger partial charge in [-0.1, -0.05) is 140 Å². The van der Waals surface area contributed by atoms with E-state index in [0.717, 1.165) is 106 Å². The lowest BCUT2D eigenvalue weighted by molar-refractivity contribution is -0.135. The lowest BCUT2D eigenvalue weighted by atomic mass is 9.81. The van der Waals surface area contributed by atoms with E-state index in [1.807, 2.05) is 55.6 Å². The Morgan fingerprint density at radius 2 is 0.984 bits per heavy atom. The van der Waals surface area contributed by atoms with Crippen molar-refractivity contribution in [1.29, 1.82) is 0 Å². The number of fused-ring (bicyclic) bond motifs is 10. The number of hydrogen-bond donors (Lipinski definition) is 3. The second-order valence-corrected chi connectivity index (χ2v) is 16.4. The molecule has 7 heterocycles. The number of H-pyrrole nitrogens is 2. The Labute approximate surface area is 363 Å². The lowest BCUT2D eigenvalue weighted by Crippen LogP contribution is -2.47. The average Bonchev–Trinajstić information content (AvgIpc) is 4.21. The van der Waals surface area contributed by atoms with Gasteiger partial charge in [-0.05, 0) is 77.9 Å². The van der Waals surface area contributed by atoms with Gasteiger partial charge in [-0.2, -0.15) is 0 Å². The Morgan fingerprint density at radius 1 is 0.540 bits per heavy atom. The zero-order chi connectivity index (χ0) is 42.1. The smallest absolute Gasteiger partial charge is 0.263 e. The summed E-state index contributed by atoms with van der Waals surface area (Å²) >= 11 is 0. The molecule has 2 unspecified atom stereocenters. The molecule has 1 spiro atoms. The summed E-state index contributed by atoms with van der Waals surface area (Å²) < 4.78 is 6.74. The van der Waals surface area contributed by atoms with Crippen molar-refractivity contribution in [2.45, 2.75) is 11.6 Å². The maximum Gasteiger partial charge on any atom is 0.263 e. The Hall–Kier alpha value is -7.91. The van der Waals surface area contributed by atoms with E-state index in [-0.39, 0.29) is 12.6 Å². The molecule has 63 heavy (non-hydrogen) atoms. The highest BCUT2D eigenvalue weighted by Gasteiger charge is 2.60. The van der Waals surface area contributed by atoms with Crippen molar-refractivity contribution in [3.63, 3.8) is 0 Å². The molecule has 0 radical (unpaired) electrons. The largest absolute Gasteiger partial charge is 0.354 e. The summed E-state index contributed by atoms with van der Waals surface area (Å²) in [6.45, 7) is 0.247. The first-order chi connectivity index (χ1) is 31.0. The fourth-order valence-corrected chi connectivity index (χ4v) is 9.94. The van der Waals surface area contributed by atoms with Crippen molar-refractivity contribution in [3.8, 4) is 44.5 Å². The fraction of sp³-hybridized carbons (Fsp3) is 0.0727. The van der Waals surface area contributed by atoms with Crippen molar-refractivity contribution < 1.29 is 9.53 Å². The number of para-hydroxylation sites is 1. The minimum absolute atomic E-state index is 0.192. The molecule has 0 aliphatic carbocycles. The molecule has 4 aliphatic rings. The third-order valence-electron chi connectivity index (χ3n) is 12.7. The number of aromatic nitrogens is 4. The summed E-state index contributed by atoms with van der Waals surface area (Å²) in [6.07, 6.45) is 6.43. The van der Waals surface area contributed by atoms with E-state index in [0.29, 0.717) is 0 Å². The van der Waals surface area contributed by atoms with E-state index in [1.54, 1.807) is 0 Å². The number of aromatic amines is 2. The van der Waals surface area contributed by atoms with E-state index in [4.69, 9.17) is 14.7 Å². The topological polar surface area (TPSA) is 98.9 Å². The van der Waals surface area contributed by atoms with Crippen LogP contribution in [0.2, 0.25) is 0 Å². The molecule has 8 nitrogen and oxygen atoms in total. The van der Waals surface area contributed by atoms with Gasteiger partial charge in [0.2, 0.25) is 0 Å². The number of ether oxygens (including phenoxy) is 1. The van der Waals surface area contributed by atoms with E-state index in [9.17, 15) is 4.79 Å². The van der Waals surface area contributed by atoms with Gasteiger partial charge < -0.3 is 20.0 Å². The molecule has 1 saturated heterocycles. The van der Waals surface area contributed by atoms with Crippen LogP contribution in [-0.2, 0) is 15.1 Å². The molecule has 8 aromatic rings. The number of likely N-dealkylation sites (N-methyl/N-ethyl adjacent to an activating group) is 1. The van der Waals surface area contributed by atoms with Gasteiger partial charge in [0.1, 0.15) is 6.73 Å². The van der Waals surface area contributed by atoms with Gasteiger partial charge in [0, 0.05) is 61.1 Å². The molecular weight excluding hydrogens is 777 g/mol. The number of hydrogen-bond acceptors (Lipinski definition) is 5. The van der Waals surface area contributed by atoms with Crippen LogP contribution in [0.15, 0.2) is 170 Å². The fourth-order valence-electron chi connectivity index (χ4n) is 9.94. The van der Waals surface area contributed by atoms with Gasteiger partial charge in [-0.3, -0.25) is 9.69 Å². The molecule has 12 rings (SSSR count). The first-order valence-electron chi connectivity index (χ1n) is 21.2. The molecule has 3 N–H and O–H groups in total. The first-order valence-corrected chi connectivity index (χ1v) is 21.2. The van der Waals surface area contributed by atoms with Crippen LogP contribution in [0.4, 0.5) is 5.69 Å². The Balaban J connectivity index is 1.27. The van der Waals surface area contributed by atoms with Crippen molar-refractivity contribution >= 4 is 57.5 Å². The Morgan fingerprint density at radius 3 is 1.51 bits per heavy atom. The SMILES string of the molecule is CN1COC2(C(=O)Nc3ccccc32)C1C1=Cc2nc1c(-c1ccccc1)c1ccc([nH]1)c(-c1ccccc1)c1nc(c(-c3ccccc3)c3ccc([nH]3)c2-c2ccccc2)C=C1. The second kappa shape index (κ2) is 14.6. The van der Waals surface area contributed by atoms with Crippen LogP contribution in [0.5, 0.6) is 0 Å². The number of nitrogens with zero attached hydrogens (tertiary/aromatic N) is 3. The summed E-state index contributed by atoms with van der Waals surface area (Å²) in [6, 6.07) is 57.6. The highest BCUT2D eigenvalue weighted by molar-refractivity contribution is 6.10. The molecule has 5 aromatic carbocycles. The Bertz CT molecular complexity index is 3360. The third-order valence-corrected chi connectivity index (χ3v) is 12.7. The molecule has 3 aromatic heterocycles. The average molecular weight is 817 g/mol. The quantitative estimate of drug-likeness (QED) is 0.161. The Kier molecular flexibility index (Phi) is 8.57. The molecule has 8 bridgehead atoms.